The molecule has 0 aromatic heterocycles. The second-order valence-corrected chi connectivity index (χ2v) is 5.39. The molecule has 1 aromatic carbocycles. The number of rotatable bonds is 3. The summed E-state index contributed by atoms with van der Waals surface area (Å²) in [6.45, 7) is 8.51. The molecule has 0 aliphatic carbocycles. The minimum Gasteiger partial charge on any atom is -0.394 e. The Balaban J connectivity index is 2.25. The van der Waals surface area contributed by atoms with E-state index in [9.17, 15) is 5.11 Å². The number of hydrogen-bond acceptors (Lipinski definition) is 3. The molecule has 0 radical (unpaired) electrons. The largest absolute Gasteiger partial charge is 0.394 e. The molecule has 1 saturated heterocycles. The van der Waals surface area contributed by atoms with Crippen molar-refractivity contribution in [2.45, 2.75) is 25.8 Å². The number of hydrogen-bond donors (Lipinski definition) is 2. The molecule has 3 heteroatoms. The maximum absolute atomic E-state index is 9.89. The van der Waals surface area contributed by atoms with Gasteiger partial charge in [0.25, 0.3) is 0 Å². The van der Waals surface area contributed by atoms with Crippen LogP contribution in [0.1, 0.15) is 24.5 Å². The van der Waals surface area contributed by atoms with Gasteiger partial charge in [-0.15, -0.1) is 0 Å². The minimum atomic E-state index is -0.264. The van der Waals surface area contributed by atoms with Gasteiger partial charge in [0.1, 0.15) is 0 Å². The highest BCUT2D eigenvalue weighted by molar-refractivity contribution is 5.28. The van der Waals surface area contributed by atoms with Crippen LogP contribution in [0.5, 0.6) is 0 Å². The van der Waals surface area contributed by atoms with Crippen LogP contribution in [0.3, 0.4) is 0 Å². The van der Waals surface area contributed by atoms with Crippen molar-refractivity contribution in [2.24, 2.45) is 0 Å². The van der Waals surface area contributed by atoms with Crippen LogP contribution in [0.15, 0.2) is 24.3 Å². The molecule has 1 aliphatic heterocycles. The van der Waals surface area contributed by atoms with Crippen LogP contribution >= 0.6 is 0 Å². The van der Waals surface area contributed by atoms with Crippen molar-refractivity contribution >= 4 is 0 Å². The molecule has 0 bridgehead atoms. The molecular formula is C15H24N2O. The van der Waals surface area contributed by atoms with E-state index in [0.29, 0.717) is 0 Å². The topological polar surface area (TPSA) is 35.5 Å². The van der Waals surface area contributed by atoms with E-state index in [-0.39, 0.29) is 12.1 Å². The SMILES string of the molecule is Cc1ccc(C(C)(CO)N2CCCNCC2)cc1. The smallest absolute Gasteiger partial charge is 0.0665 e. The summed E-state index contributed by atoms with van der Waals surface area (Å²) in [5.74, 6) is 0. The molecule has 3 nitrogen and oxygen atoms in total. The summed E-state index contributed by atoms with van der Waals surface area (Å²) in [6.07, 6.45) is 1.14. The fourth-order valence-electron chi connectivity index (χ4n) is 2.63. The third-order valence-electron chi connectivity index (χ3n) is 4.02. The zero-order valence-electron chi connectivity index (χ0n) is 11.4. The highest BCUT2D eigenvalue weighted by Gasteiger charge is 2.33. The van der Waals surface area contributed by atoms with Crippen LogP contribution in [0.25, 0.3) is 0 Å². The normalized spacial score (nSPS) is 21.3. The summed E-state index contributed by atoms with van der Waals surface area (Å²) in [5.41, 5.74) is 2.20. The molecule has 1 fully saturated rings. The molecule has 2 N–H and O–H groups in total. The first-order valence-electron chi connectivity index (χ1n) is 6.80. The van der Waals surface area contributed by atoms with Crippen LogP contribution in [0, 0.1) is 6.92 Å². The summed E-state index contributed by atoms with van der Waals surface area (Å²) in [7, 11) is 0. The minimum absolute atomic E-state index is 0.163. The average Bonchev–Trinajstić information content (AvgIpc) is 2.68. The fraction of sp³-hybridized carbons (Fsp3) is 0.600. The lowest BCUT2D eigenvalue weighted by molar-refractivity contribution is 0.0453. The van der Waals surface area contributed by atoms with E-state index in [2.05, 4.69) is 48.3 Å². The van der Waals surface area contributed by atoms with Gasteiger partial charge in [-0.25, -0.2) is 0 Å². The summed E-state index contributed by atoms with van der Waals surface area (Å²) >= 11 is 0. The molecule has 0 saturated carbocycles. The Kier molecular flexibility index (Phi) is 4.38. The van der Waals surface area contributed by atoms with Gasteiger partial charge in [-0.05, 0) is 32.4 Å². The summed E-state index contributed by atoms with van der Waals surface area (Å²) in [4.78, 5) is 2.40. The molecule has 0 amide bonds. The number of aliphatic hydroxyl groups excluding tert-OH is 1. The lowest BCUT2D eigenvalue weighted by atomic mass is 9.90. The standard InChI is InChI=1S/C15H24N2O/c1-13-4-6-14(7-5-13)15(2,12-18)17-10-3-8-16-9-11-17/h4-7,16,18H,3,8-12H2,1-2H3. The van der Waals surface area contributed by atoms with E-state index < -0.39 is 0 Å². The molecule has 1 aliphatic rings. The van der Waals surface area contributed by atoms with E-state index in [4.69, 9.17) is 0 Å². The summed E-state index contributed by atoms with van der Waals surface area (Å²) < 4.78 is 0. The Bertz CT molecular complexity index is 369. The van der Waals surface area contributed by atoms with E-state index in [1.807, 2.05) is 0 Å². The van der Waals surface area contributed by atoms with E-state index >= 15 is 0 Å². The number of aryl methyl sites for hydroxylation is 1. The van der Waals surface area contributed by atoms with Gasteiger partial charge in [0.15, 0.2) is 0 Å². The summed E-state index contributed by atoms with van der Waals surface area (Å²) in [5, 5.41) is 13.3. The predicted octanol–water partition coefficient (Wildman–Crippen LogP) is 1.50. The van der Waals surface area contributed by atoms with Crippen LogP contribution in [-0.4, -0.2) is 42.8 Å². The first-order chi connectivity index (χ1) is 8.66. The van der Waals surface area contributed by atoms with Gasteiger partial charge in [0.2, 0.25) is 0 Å². The lowest BCUT2D eigenvalue weighted by Crippen LogP contribution is -2.48. The second-order valence-electron chi connectivity index (χ2n) is 5.39. The highest BCUT2D eigenvalue weighted by atomic mass is 16.3. The quantitative estimate of drug-likeness (QED) is 0.851. The van der Waals surface area contributed by atoms with Crippen molar-refractivity contribution in [2.75, 3.05) is 32.8 Å². The molecule has 100 valence electrons. The zero-order chi connectivity index (χ0) is 13.0. The Morgan fingerprint density at radius 3 is 2.61 bits per heavy atom. The zero-order valence-corrected chi connectivity index (χ0v) is 11.4. The maximum atomic E-state index is 9.89. The monoisotopic (exact) mass is 248 g/mol. The average molecular weight is 248 g/mol. The number of benzene rings is 1. The van der Waals surface area contributed by atoms with Gasteiger partial charge in [0, 0.05) is 19.6 Å². The van der Waals surface area contributed by atoms with Crippen molar-refractivity contribution in [1.82, 2.24) is 10.2 Å². The first kappa shape index (κ1) is 13.5. The number of aliphatic hydroxyl groups is 1. The third-order valence-corrected chi connectivity index (χ3v) is 4.02. The van der Waals surface area contributed by atoms with Crippen molar-refractivity contribution in [3.63, 3.8) is 0 Å². The Hall–Kier alpha value is -0.900. The molecule has 1 unspecified atom stereocenters. The Morgan fingerprint density at radius 2 is 1.94 bits per heavy atom. The van der Waals surface area contributed by atoms with Crippen LogP contribution < -0.4 is 5.32 Å². The fourth-order valence-corrected chi connectivity index (χ4v) is 2.63. The molecular weight excluding hydrogens is 224 g/mol. The van der Waals surface area contributed by atoms with Gasteiger partial charge in [0.05, 0.1) is 12.1 Å². The van der Waals surface area contributed by atoms with E-state index in [0.717, 1.165) is 32.6 Å². The maximum Gasteiger partial charge on any atom is 0.0665 e. The van der Waals surface area contributed by atoms with Crippen molar-refractivity contribution in [1.29, 1.82) is 0 Å². The Morgan fingerprint density at radius 1 is 1.22 bits per heavy atom. The molecule has 1 heterocycles. The van der Waals surface area contributed by atoms with E-state index in [1.165, 1.54) is 11.1 Å². The van der Waals surface area contributed by atoms with Crippen molar-refractivity contribution < 1.29 is 5.11 Å². The van der Waals surface area contributed by atoms with Gasteiger partial charge in [-0.1, -0.05) is 29.8 Å². The highest BCUT2D eigenvalue weighted by Crippen LogP contribution is 2.28. The Labute approximate surface area is 110 Å². The van der Waals surface area contributed by atoms with Gasteiger partial charge < -0.3 is 10.4 Å². The predicted molar refractivity (Wildman–Crippen MR) is 74.7 cm³/mol. The molecule has 1 aromatic rings. The van der Waals surface area contributed by atoms with Crippen LogP contribution in [0.4, 0.5) is 0 Å². The van der Waals surface area contributed by atoms with E-state index in [1.54, 1.807) is 0 Å². The summed E-state index contributed by atoms with van der Waals surface area (Å²) in [6, 6.07) is 8.53. The van der Waals surface area contributed by atoms with Crippen molar-refractivity contribution in [3.8, 4) is 0 Å². The molecule has 2 rings (SSSR count). The van der Waals surface area contributed by atoms with Crippen molar-refractivity contribution in [3.05, 3.63) is 35.4 Å². The van der Waals surface area contributed by atoms with Gasteiger partial charge in [-0.2, -0.15) is 0 Å². The van der Waals surface area contributed by atoms with Crippen LogP contribution in [0.2, 0.25) is 0 Å². The molecule has 0 spiro atoms. The number of nitrogens with zero attached hydrogens (tertiary/aromatic N) is 1. The van der Waals surface area contributed by atoms with Gasteiger partial charge in [-0.3, -0.25) is 4.90 Å². The van der Waals surface area contributed by atoms with Gasteiger partial charge >= 0.3 is 0 Å². The first-order valence-corrected chi connectivity index (χ1v) is 6.80. The van der Waals surface area contributed by atoms with Crippen LogP contribution in [-0.2, 0) is 5.54 Å². The number of nitrogens with one attached hydrogen (secondary N) is 1. The third kappa shape index (κ3) is 2.74. The second kappa shape index (κ2) is 5.83. The molecule has 18 heavy (non-hydrogen) atoms. The molecule has 1 atom stereocenters. The lowest BCUT2D eigenvalue weighted by Gasteiger charge is -2.40.